The zero-order valence-corrected chi connectivity index (χ0v) is 16.4. The van der Waals surface area contributed by atoms with E-state index in [2.05, 4.69) is 33.0 Å². The maximum Gasteiger partial charge on any atom is 0.162 e. The molecule has 3 aromatic carbocycles. The summed E-state index contributed by atoms with van der Waals surface area (Å²) in [7, 11) is 3.27. The monoisotopic (exact) mass is 412 g/mol. The third kappa shape index (κ3) is 3.94. The van der Waals surface area contributed by atoms with Crippen LogP contribution in [0.5, 0.6) is 11.5 Å². The molecule has 0 aliphatic carbocycles. The van der Waals surface area contributed by atoms with Crippen molar-refractivity contribution < 1.29 is 9.47 Å². The Morgan fingerprint density at radius 2 is 1.62 bits per heavy atom. The summed E-state index contributed by atoms with van der Waals surface area (Å²) in [5.41, 5.74) is 10.1. The number of hydrogen-bond acceptors (Lipinski definition) is 4. The van der Waals surface area contributed by atoms with Crippen molar-refractivity contribution in [1.82, 2.24) is 0 Å². The maximum absolute atomic E-state index is 6.29. The number of halogens is 1. The van der Waals surface area contributed by atoms with E-state index >= 15 is 0 Å². The highest BCUT2D eigenvalue weighted by atomic mass is 79.9. The number of benzene rings is 3. The Balaban J connectivity index is 2.10. The van der Waals surface area contributed by atoms with E-state index in [-0.39, 0.29) is 0 Å². The van der Waals surface area contributed by atoms with Gasteiger partial charge in [0.05, 0.1) is 25.6 Å². The number of nitrogens with zero attached hydrogens (tertiary/aromatic N) is 1. The lowest BCUT2D eigenvalue weighted by Crippen LogP contribution is -2.18. The lowest BCUT2D eigenvalue weighted by molar-refractivity contribution is 0.355. The normalized spacial score (nSPS) is 10.4. The minimum absolute atomic E-state index is 0.677. The minimum Gasteiger partial charge on any atom is -0.493 e. The van der Waals surface area contributed by atoms with Crippen LogP contribution in [0, 0.1) is 0 Å². The first-order valence-corrected chi connectivity index (χ1v) is 9.00. The predicted octanol–water partition coefficient (Wildman–Crippen LogP) is 5.39. The Labute approximate surface area is 162 Å². The van der Waals surface area contributed by atoms with Gasteiger partial charge in [-0.25, -0.2) is 0 Å². The van der Waals surface area contributed by atoms with E-state index < -0.39 is 0 Å². The van der Waals surface area contributed by atoms with Crippen LogP contribution in [0.15, 0.2) is 71.2 Å². The van der Waals surface area contributed by atoms with Gasteiger partial charge in [0, 0.05) is 22.8 Å². The molecule has 0 spiro atoms. The van der Waals surface area contributed by atoms with E-state index in [0.29, 0.717) is 23.7 Å². The van der Waals surface area contributed by atoms with Gasteiger partial charge in [0.2, 0.25) is 0 Å². The zero-order chi connectivity index (χ0) is 18.5. The summed E-state index contributed by atoms with van der Waals surface area (Å²) in [4.78, 5) is 2.16. The standard InChI is InChI=1S/C21H21BrN2O2/c1-25-20-11-9-17(13-21(20)26-2)24(14-15-6-4-3-5-7-15)19-12-16(22)8-10-18(19)23/h3-13H,14,23H2,1-2H3. The number of anilines is 3. The number of nitrogens with two attached hydrogens (primary N) is 1. The zero-order valence-electron chi connectivity index (χ0n) is 14.8. The molecule has 0 aromatic heterocycles. The topological polar surface area (TPSA) is 47.7 Å². The molecular formula is C21H21BrN2O2. The molecule has 3 aromatic rings. The first kappa shape index (κ1) is 18.1. The van der Waals surface area contributed by atoms with Crippen molar-refractivity contribution in [3.05, 3.63) is 76.8 Å². The summed E-state index contributed by atoms with van der Waals surface area (Å²) in [6, 6.07) is 22.0. The average Bonchev–Trinajstić information content (AvgIpc) is 2.68. The van der Waals surface area contributed by atoms with Gasteiger partial charge in [0.25, 0.3) is 0 Å². The summed E-state index contributed by atoms with van der Waals surface area (Å²) < 4.78 is 11.8. The van der Waals surface area contributed by atoms with Crippen LogP contribution in [0.25, 0.3) is 0 Å². The van der Waals surface area contributed by atoms with Crippen molar-refractivity contribution in [3.63, 3.8) is 0 Å². The van der Waals surface area contributed by atoms with Crippen molar-refractivity contribution in [2.45, 2.75) is 6.54 Å². The maximum atomic E-state index is 6.29. The fourth-order valence-electron chi connectivity index (χ4n) is 2.82. The van der Waals surface area contributed by atoms with Gasteiger partial charge in [-0.2, -0.15) is 0 Å². The van der Waals surface area contributed by atoms with Gasteiger partial charge < -0.3 is 20.1 Å². The second-order valence-electron chi connectivity index (χ2n) is 5.81. The van der Waals surface area contributed by atoms with Gasteiger partial charge in [-0.3, -0.25) is 0 Å². The molecule has 0 saturated heterocycles. The van der Waals surface area contributed by atoms with Crippen LogP contribution in [0.2, 0.25) is 0 Å². The molecule has 2 N–H and O–H groups in total. The van der Waals surface area contributed by atoms with Crippen molar-refractivity contribution >= 4 is 33.0 Å². The van der Waals surface area contributed by atoms with E-state index in [9.17, 15) is 0 Å². The molecule has 0 fully saturated rings. The van der Waals surface area contributed by atoms with Gasteiger partial charge >= 0.3 is 0 Å². The van der Waals surface area contributed by atoms with Crippen LogP contribution in [0.1, 0.15) is 5.56 Å². The van der Waals surface area contributed by atoms with Gasteiger partial charge in [0.1, 0.15) is 0 Å². The molecule has 0 aliphatic heterocycles. The lowest BCUT2D eigenvalue weighted by atomic mass is 10.1. The SMILES string of the molecule is COc1ccc(N(Cc2ccccc2)c2cc(Br)ccc2N)cc1OC. The Morgan fingerprint density at radius 3 is 2.31 bits per heavy atom. The minimum atomic E-state index is 0.677. The Kier molecular flexibility index (Phi) is 5.68. The molecule has 3 rings (SSSR count). The molecular weight excluding hydrogens is 392 g/mol. The molecule has 4 nitrogen and oxygen atoms in total. The summed E-state index contributed by atoms with van der Waals surface area (Å²) in [5.74, 6) is 1.37. The van der Waals surface area contributed by atoms with Crippen LogP contribution in [-0.2, 0) is 6.54 Å². The van der Waals surface area contributed by atoms with Gasteiger partial charge in [-0.1, -0.05) is 46.3 Å². The average molecular weight is 413 g/mol. The molecule has 5 heteroatoms. The van der Waals surface area contributed by atoms with Crippen molar-refractivity contribution in [2.75, 3.05) is 24.9 Å². The van der Waals surface area contributed by atoms with Crippen LogP contribution in [0.3, 0.4) is 0 Å². The highest BCUT2D eigenvalue weighted by Gasteiger charge is 2.16. The molecule has 0 bridgehead atoms. The number of ether oxygens (including phenoxy) is 2. The largest absolute Gasteiger partial charge is 0.493 e. The summed E-state index contributed by atoms with van der Waals surface area (Å²) in [6.07, 6.45) is 0. The second kappa shape index (κ2) is 8.15. The van der Waals surface area contributed by atoms with Crippen LogP contribution >= 0.6 is 15.9 Å². The first-order valence-electron chi connectivity index (χ1n) is 8.21. The molecule has 0 amide bonds. The Bertz CT molecular complexity index is 884. The van der Waals surface area contributed by atoms with E-state index in [1.165, 1.54) is 5.56 Å². The molecule has 0 heterocycles. The fourth-order valence-corrected chi connectivity index (χ4v) is 3.17. The predicted molar refractivity (Wildman–Crippen MR) is 110 cm³/mol. The van der Waals surface area contributed by atoms with Crippen molar-refractivity contribution in [2.24, 2.45) is 0 Å². The summed E-state index contributed by atoms with van der Waals surface area (Å²) in [5, 5.41) is 0. The third-order valence-electron chi connectivity index (χ3n) is 4.15. The van der Waals surface area contributed by atoms with E-state index in [1.54, 1.807) is 14.2 Å². The third-order valence-corrected chi connectivity index (χ3v) is 4.64. The van der Waals surface area contributed by atoms with E-state index in [1.807, 2.05) is 54.6 Å². The Morgan fingerprint density at radius 1 is 0.885 bits per heavy atom. The molecule has 134 valence electrons. The number of hydrogen-bond donors (Lipinski definition) is 1. The second-order valence-corrected chi connectivity index (χ2v) is 6.73. The molecule has 0 atom stereocenters. The number of rotatable bonds is 6. The number of nitrogen functional groups attached to an aromatic ring is 1. The van der Waals surface area contributed by atoms with Gasteiger partial charge in [-0.05, 0) is 35.9 Å². The smallest absolute Gasteiger partial charge is 0.162 e. The molecule has 0 saturated carbocycles. The Hall–Kier alpha value is -2.66. The lowest BCUT2D eigenvalue weighted by Gasteiger charge is -2.27. The summed E-state index contributed by atoms with van der Waals surface area (Å²) in [6.45, 7) is 0.678. The number of methoxy groups -OCH3 is 2. The molecule has 0 aliphatic rings. The molecule has 0 unspecified atom stereocenters. The molecule has 26 heavy (non-hydrogen) atoms. The van der Waals surface area contributed by atoms with E-state index in [0.717, 1.165) is 15.8 Å². The summed E-state index contributed by atoms with van der Waals surface area (Å²) >= 11 is 3.55. The highest BCUT2D eigenvalue weighted by Crippen LogP contribution is 2.38. The quantitative estimate of drug-likeness (QED) is 0.551. The highest BCUT2D eigenvalue weighted by molar-refractivity contribution is 9.10. The fraction of sp³-hybridized carbons (Fsp3) is 0.143. The van der Waals surface area contributed by atoms with Gasteiger partial charge in [-0.15, -0.1) is 0 Å². The van der Waals surface area contributed by atoms with Crippen LogP contribution in [-0.4, -0.2) is 14.2 Å². The van der Waals surface area contributed by atoms with Gasteiger partial charge in [0.15, 0.2) is 11.5 Å². The van der Waals surface area contributed by atoms with E-state index in [4.69, 9.17) is 15.2 Å². The van der Waals surface area contributed by atoms with Crippen molar-refractivity contribution in [1.29, 1.82) is 0 Å². The molecule has 0 radical (unpaired) electrons. The first-order chi connectivity index (χ1) is 12.6. The van der Waals surface area contributed by atoms with Crippen LogP contribution < -0.4 is 20.1 Å². The van der Waals surface area contributed by atoms with Crippen molar-refractivity contribution in [3.8, 4) is 11.5 Å². The van der Waals surface area contributed by atoms with Crippen LogP contribution in [0.4, 0.5) is 17.1 Å².